The molecule has 0 aliphatic heterocycles. The van der Waals surface area contributed by atoms with Crippen LogP contribution in [0.25, 0.3) is 0 Å². The summed E-state index contributed by atoms with van der Waals surface area (Å²) in [4.78, 5) is 0.157. The highest BCUT2D eigenvalue weighted by Crippen LogP contribution is 2.16. The van der Waals surface area contributed by atoms with Crippen molar-refractivity contribution in [3.05, 3.63) is 29.8 Å². The Morgan fingerprint density at radius 1 is 1.05 bits per heavy atom. The van der Waals surface area contributed by atoms with Crippen LogP contribution in [0.3, 0.4) is 0 Å². The Morgan fingerprint density at radius 3 is 2.05 bits per heavy atom. The lowest BCUT2D eigenvalue weighted by Crippen LogP contribution is -2.29. The second kappa shape index (κ2) is 8.48. The molecule has 0 amide bonds. The van der Waals surface area contributed by atoms with E-state index in [0.29, 0.717) is 13.2 Å². The summed E-state index contributed by atoms with van der Waals surface area (Å²) in [6, 6.07) is 6.56. The monoisotopic (exact) mass is 316 g/mol. The molecular formula is C15H24O5S. The van der Waals surface area contributed by atoms with E-state index in [1.54, 1.807) is 12.1 Å². The molecule has 120 valence electrons. The lowest BCUT2D eigenvalue weighted by Gasteiger charge is -2.23. The first-order valence-corrected chi connectivity index (χ1v) is 8.50. The molecule has 0 saturated carbocycles. The van der Waals surface area contributed by atoms with E-state index in [9.17, 15) is 8.42 Å². The molecule has 0 aliphatic rings. The van der Waals surface area contributed by atoms with Crippen molar-refractivity contribution in [3.63, 3.8) is 0 Å². The van der Waals surface area contributed by atoms with Crippen molar-refractivity contribution < 1.29 is 22.1 Å². The number of hydrogen-bond acceptors (Lipinski definition) is 5. The topological polar surface area (TPSA) is 61.8 Å². The molecule has 0 radical (unpaired) electrons. The van der Waals surface area contributed by atoms with Crippen LogP contribution >= 0.6 is 0 Å². The molecule has 0 N–H and O–H groups in total. The maximum absolute atomic E-state index is 12.1. The van der Waals surface area contributed by atoms with Gasteiger partial charge in [-0.25, -0.2) is 0 Å². The first-order chi connectivity index (χ1) is 9.90. The van der Waals surface area contributed by atoms with E-state index in [4.69, 9.17) is 13.7 Å². The number of ether oxygens (including phenoxy) is 2. The predicted molar refractivity (Wildman–Crippen MR) is 80.5 cm³/mol. The van der Waals surface area contributed by atoms with Crippen LogP contribution in [-0.2, 0) is 23.8 Å². The highest BCUT2D eigenvalue weighted by molar-refractivity contribution is 7.86. The number of hydrogen-bond donors (Lipinski definition) is 0. The van der Waals surface area contributed by atoms with Gasteiger partial charge in [0.25, 0.3) is 10.1 Å². The zero-order valence-corrected chi connectivity index (χ0v) is 13.9. The maximum Gasteiger partial charge on any atom is 0.296 e. The molecular weight excluding hydrogens is 292 g/mol. The van der Waals surface area contributed by atoms with Crippen molar-refractivity contribution in [1.82, 2.24) is 0 Å². The summed E-state index contributed by atoms with van der Waals surface area (Å²) in [6.45, 7) is 8.47. The average Bonchev–Trinajstić information content (AvgIpc) is 2.45. The standard InChI is InChI=1S/C15H24O5S/c1-5-18-15(19-6-2)13(4)11-20-21(16,17)14-9-7-12(3)8-10-14/h7-10,13,15H,5-6,11H2,1-4H3. The molecule has 1 atom stereocenters. The van der Waals surface area contributed by atoms with E-state index in [1.165, 1.54) is 12.1 Å². The van der Waals surface area contributed by atoms with Crippen molar-refractivity contribution >= 4 is 10.1 Å². The smallest absolute Gasteiger partial charge is 0.296 e. The number of benzene rings is 1. The quantitative estimate of drug-likeness (QED) is 0.518. The molecule has 0 bridgehead atoms. The molecule has 1 aromatic rings. The second-order valence-electron chi connectivity index (χ2n) is 4.81. The highest BCUT2D eigenvalue weighted by Gasteiger charge is 2.22. The molecule has 5 nitrogen and oxygen atoms in total. The van der Waals surface area contributed by atoms with Gasteiger partial charge in [0.15, 0.2) is 6.29 Å². The Kier molecular flexibility index (Phi) is 7.31. The number of rotatable bonds is 9. The van der Waals surface area contributed by atoms with Gasteiger partial charge in [0.05, 0.1) is 11.5 Å². The van der Waals surface area contributed by atoms with Crippen LogP contribution in [0, 0.1) is 12.8 Å². The predicted octanol–water partition coefficient (Wildman–Crippen LogP) is 2.74. The van der Waals surface area contributed by atoms with E-state index in [0.717, 1.165) is 5.56 Å². The van der Waals surface area contributed by atoms with E-state index in [1.807, 2.05) is 27.7 Å². The Morgan fingerprint density at radius 2 is 1.57 bits per heavy atom. The summed E-state index contributed by atoms with van der Waals surface area (Å²) < 4.78 is 40.1. The van der Waals surface area contributed by atoms with Gasteiger partial charge in [-0.05, 0) is 32.9 Å². The van der Waals surface area contributed by atoms with Crippen LogP contribution in [0.4, 0.5) is 0 Å². The van der Waals surface area contributed by atoms with E-state index in [2.05, 4.69) is 0 Å². The van der Waals surface area contributed by atoms with E-state index >= 15 is 0 Å². The summed E-state index contributed by atoms with van der Waals surface area (Å²) in [5.41, 5.74) is 0.995. The summed E-state index contributed by atoms with van der Waals surface area (Å²) in [5, 5.41) is 0. The maximum atomic E-state index is 12.1. The fourth-order valence-electron chi connectivity index (χ4n) is 1.75. The van der Waals surface area contributed by atoms with Gasteiger partial charge in [-0.3, -0.25) is 4.18 Å². The minimum absolute atomic E-state index is 0.0148. The summed E-state index contributed by atoms with van der Waals surface area (Å²) in [5.74, 6) is -0.190. The second-order valence-corrected chi connectivity index (χ2v) is 6.42. The van der Waals surface area contributed by atoms with Crippen molar-refractivity contribution in [2.45, 2.75) is 38.9 Å². The molecule has 1 rings (SSSR count). The molecule has 21 heavy (non-hydrogen) atoms. The minimum atomic E-state index is -3.75. The van der Waals surface area contributed by atoms with Gasteiger partial charge in [0.1, 0.15) is 0 Å². The first kappa shape index (κ1) is 18.1. The Balaban J connectivity index is 2.65. The fraction of sp³-hybridized carbons (Fsp3) is 0.600. The molecule has 1 unspecified atom stereocenters. The molecule has 0 saturated heterocycles. The summed E-state index contributed by atoms with van der Waals surface area (Å²) in [6.07, 6.45) is -0.465. The van der Waals surface area contributed by atoms with Crippen molar-refractivity contribution in [3.8, 4) is 0 Å². The fourth-order valence-corrected chi connectivity index (χ4v) is 2.75. The van der Waals surface area contributed by atoms with Crippen LogP contribution in [0.5, 0.6) is 0 Å². The zero-order valence-electron chi connectivity index (χ0n) is 13.0. The third kappa shape index (κ3) is 5.74. The molecule has 6 heteroatoms. The molecule has 0 aromatic heterocycles. The minimum Gasteiger partial charge on any atom is -0.353 e. The van der Waals surface area contributed by atoms with Crippen LogP contribution in [0.2, 0.25) is 0 Å². The molecule has 0 aliphatic carbocycles. The molecule has 0 spiro atoms. The Labute approximate surface area is 127 Å². The molecule has 0 fully saturated rings. The third-order valence-electron chi connectivity index (χ3n) is 2.92. The highest BCUT2D eigenvalue weighted by atomic mass is 32.2. The van der Waals surface area contributed by atoms with Crippen molar-refractivity contribution in [2.75, 3.05) is 19.8 Å². The Bertz CT molecular complexity index is 503. The number of aryl methyl sites for hydroxylation is 1. The molecule has 0 heterocycles. The van der Waals surface area contributed by atoms with Gasteiger partial charge in [-0.2, -0.15) is 8.42 Å². The van der Waals surface area contributed by atoms with Gasteiger partial charge in [0.2, 0.25) is 0 Å². The zero-order chi connectivity index (χ0) is 15.9. The van der Waals surface area contributed by atoms with Crippen LogP contribution in [0.1, 0.15) is 26.3 Å². The van der Waals surface area contributed by atoms with Crippen molar-refractivity contribution in [1.29, 1.82) is 0 Å². The van der Waals surface area contributed by atoms with Crippen LogP contribution < -0.4 is 0 Å². The first-order valence-electron chi connectivity index (χ1n) is 7.10. The van der Waals surface area contributed by atoms with Crippen molar-refractivity contribution in [2.24, 2.45) is 5.92 Å². The Hall–Kier alpha value is -0.950. The normalized spacial score (nSPS) is 13.6. The van der Waals surface area contributed by atoms with Crippen LogP contribution in [-0.4, -0.2) is 34.5 Å². The SMILES string of the molecule is CCOC(OCC)C(C)COS(=O)(=O)c1ccc(C)cc1. The van der Waals surface area contributed by atoms with Gasteiger partial charge in [0, 0.05) is 19.1 Å². The summed E-state index contributed by atoms with van der Waals surface area (Å²) >= 11 is 0. The lowest BCUT2D eigenvalue weighted by molar-refractivity contribution is -0.168. The molecule has 1 aromatic carbocycles. The largest absolute Gasteiger partial charge is 0.353 e. The van der Waals surface area contributed by atoms with Gasteiger partial charge >= 0.3 is 0 Å². The average molecular weight is 316 g/mol. The van der Waals surface area contributed by atoms with Gasteiger partial charge < -0.3 is 9.47 Å². The van der Waals surface area contributed by atoms with E-state index in [-0.39, 0.29) is 17.4 Å². The van der Waals surface area contributed by atoms with Crippen LogP contribution in [0.15, 0.2) is 29.2 Å². The van der Waals surface area contributed by atoms with E-state index < -0.39 is 16.4 Å². The van der Waals surface area contributed by atoms with Gasteiger partial charge in [-0.1, -0.05) is 24.6 Å². The summed E-state index contributed by atoms with van der Waals surface area (Å²) in [7, 11) is -3.75. The van der Waals surface area contributed by atoms with Gasteiger partial charge in [-0.15, -0.1) is 0 Å². The lowest BCUT2D eigenvalue weighted by atomic mass is 10.2. The third-order valence-corrected chi connectivity index (χ3v) is 4.22.